The lowest BCUT2D eigenvalue weighted by molar-refractivity contribution is -0.118. The van der Waals surface area contributed by atoms with Gasteiger partial charge in [-0.1, -0.05) is 23.5 Å². The van der Waals surface area contributed by atoms with Crippen molar-refractivity contribution in [3.05, 3.63) is 48.0 Å². The lowest BCUT2D eigenvalue weighted by Crippen LogP contribution is -2.45. The fraction of sp³-hybridized carbons (Fsp3) is 0.211. The van der Waals surface area contributed by atoms with E-state index >= 15 is 0 Å². The van der Waals surface area contributed by atoms with Gasteiger partial charge in [0.1, 0.15) is 16.7 Å². The highest BCUT2D eigenvalue weighted by Gasteiger charge is 2.45. The van der Waals surface area contributed by atoms with Crippen LogP contribution in [0.25, 0.3) is 10.2 Å². The zero-order valence-electron chi connectivity index (χ0n) is 15.6. The molecule has 2 amide bonds. The van der Waals surface area contributed by atoms with E-state index in [9.17, 15) is 18.0 Å². The molecule has 0 saturated carbocycles. The summed E-state index contributed by atoms with van der Waals surface area (Å²) in [6, 6.07) is 10.1. The van der Waals surface area contributed by atoms with E-state index in [1.54, 1.807) is 18.2 Å². The molecule has 1 N–H and O–H groups in total. The Hall–Kier alpha value is -2.98. The van der Waals surface area contributed by atoms with E-state index < -0.39 is 27.9 Å². The summed E-state index contributed by atoms with van der Waals surface area (Å²) < 4.78 is 32.4. The molecule has 1 aromatic heterocycles. The smallest absolute Gasteiger partial charge is 0.269 e. The van der Waals surface area contributed by atoms with Crippen molar-refractivity contribution in [2.45, 2.75) is 24.8 Å². The number of aromatic nitrogens is 1. The van der Waals surface area contributed by atoms with Gasteiger partial charge < -0.3 is 10.1 Å². The van der Waals surface area contributed by atoms with E-state index in [2.05, 4.69) is 10.3 Å². The van der Waals surface area contributed by atoms with Crippen molar-refractivity contribution >= 4 is 48.5 Å². The molecule has 1 aliphatic rings. The van der Waals surface area contributed by atoms with Gasteiger partial charge in [-0.25, -0.2) is 17.7 Å². The molecule has 0 saturated heterocycles. The molecular formula is C19H17N3O5S2. The van der Waals surface area contributed by atoms with E-state index in [0.717, 1.165) is 4.70 Å². The van der Waals surface area contributed by atoms with Crippen molar-refractivity contribution in [3.63, 3.8) is 0 Å². The van der Waals surface area contributed by atoms with Gasteiger partial charge in [0.05, 0.1) is 22.4 Å². The number of carbonyl (C=O) groups is 2. The lowest BCUT2D eigenvalue weighted by atomic mass is 10.2. The Kier molecular flexibility index (Phi) is 4.75. The SMILES string of the molecule is CCOc1ccc2nc(NC(=O)C(C)N3C(=O)c4ccccc4S3(=O)=O)sc2c1. The zero-order valence-corrected chi connectivity index (χ0v) is 17.2. The molecule has 10 heteroatoms. The fourth-order valence-electron chi connectivity index (χ4n) is 3.12. The van der Waals surface area contributed by atoms with Crippen molar-refractivity contribution < 1.29 is 22.7 Å². The Labute approximate surface area is 171 Å². The number of benzene rings is 2. The highest BCUT2D eigenvalue weighted by atomic mass is 32.2. The monoisotopic (exact) mass is 431 g/mol. The van der Waals surface area contributed by atoms with Gasteiger partial charge in [-0.05, 0) is 44.2 Å². The van der Waals surface area contributed by atoms with Gasteiger partial charge in [0.25, 0.3) is 15.9 Å². The van der Waals surface area contributed by atoms with Crippen LogP contribution < -0.4 is 10.1 Å². The third-order valence-electron chi connectivity index (χ3n) is 4.49. The summed E-state index contributed by atoms with van der Waals surface area (Å²) in [4.78, 5) is 29.5. The van der Waals surface area contributed by atoms with Crippen molar-refractivity contribution in [2.75, 3.05) is 11.9 Å². The van der Waals surface area contributed by atoms with Gasteiger partial charge >= 0.3 is 0 Å². The molecule has 1 aliphatic heterocycles. The standard InChI is InChI=1S/C19H17N3O5S2/c1-3-27-12-8-9-14-15(10-12)28-19(20-14)21-17(23)11(2)22-18(24)13-6-4-5-7-16(13)29(22,25)26/h4-11H,3H2,1-2H3,(H,20,21,23). The van der Waals surface area contributed by atoms with Crippen LogP contribution in [-0.4, -0.2) is 42.2 Å². The van der Waals surface area contributed by atoms with Crippen molar-refractivity contribution in [1.29, 1.82) is 0 Å². The average Bonchev–Trinajstić information content (AvgIpc) is 3.17. The first kappa shape index (κ1) is 19.3. The average molecular weight is 431 g/mol. The number of sulfonamides is 1. The van der Waals surface area contributed by atoms with Crippen LogP contribution in [0.5, 0.6) is 5.75 Å². The van der Waals surface area contributed by atoms with Crippen LogP contribution >= 0.6 is 11.3 Å². The molecule has 3 aromatic rings. The highest BCUT2D eigenvalue weighted by molar-refractivity contribution is 7.90. The van der Waals surface area contributed by atoms with Crippen molar-refractivity contribution in [3.8, 4) is 5.75 Å². The van der Waals surface area contributed by atoms with Crippen molar-refractivity contribution in [2.24, 2.45) is 0 Å². The minimum atomic E-state index is -4.08. The van der Waals surface area contributed by atoms with Gasteiger partial charge in [-0.15, -0.1) is 0 Å². The normalized spacial score (nSPS) is 15.9. The zero-order chi connectivity index (χ0) is 20.8. The van der Waals surface area contributed by atoms with E-state index in [1.807, 2.05) is 13.0 Å². The quantitative estimate of drug-likeness (QED) is 0.666. The largest absolute Gasteiger partial charge is 0.494 e. The summed E-state index contributed by atoms with van der Waals surface area (Å²) >= 11 is 1.24. The number of carbonyl (C=O) groups excluding carboxylic acids is 2. The molecule has 0 fully saturated rings. The summed E-state index contributed by atoms with van der Waals surface area (Å²) in [5.41, 5.74) is 0.745. The summed E-state index contributed by atoms with van der Waals surface area (Å²) in [5, 5.41) is 2.93. The predicted molar refractivity (Wildman–Crippen MR) is 109 cm³/mol. The topological polar surface area (TPSA) is 106 Å². The van der Waals surface area contributed by atoms with E-state index in [4.69, 9.17) is 4.74 Å². The van der Waals surface area contributed by atoms with E-state index in [-0.39, 0.29) is 10.5 Å². The minimum Gasteiger partial charge on any atom is -0.494 e. The maximum atomic E-state index is 12.7. The third kappa shape index (κ3) is 3.23. The van der Waals surface area contributed by atoms with Gasteiger partial charge in [0, 0.05) is 0 Å². The second kappa shape index (κ2) is 7.12. The molecule has 2 aromatic carbocycles. The number of hydrogen-bond donors (Lipinski definition) is 1. The number of amides is 2. The molecular weight excluding hydrogens is 414 g/mol. The van der Waals surface area contributed by atoms with Crippen LogP contribution in [0.15, 0.2) is 47.4 Å². The lowest BCUT2D eigenvalue weighted by Gasteiger charge is -2.21. The number of anilines is 1. The first-order chi connectivity index (χ1) is 13.8. The second-order valence-corrected chi connectivity index (χ2v) is 9.16. The predicted octanol–water partition coefficient (Wildman–Crippen LogP) is 2.87. The molecule has 1 atom stereocenters. The summed E-state index contributed by atoms with van der Waals surface area (Å²) in [7, 11) is -4.08. The van der Waals surface area contributed by atoms with Crippen LogP contribution in [0.1, 0.15) is 24.2 Å². The fourth-order valence-corrected chi connectivity index (χ4v) is 5.74. The Morgan fingerprint density at radius 3 is 2.76 bits per heavy atom. The molecule has 150 valence electrons. The number of nitrogens with one attached hydrogen (secondary N) is 1. The maximum absolute atomic E-state index is 12.7. The summed E-state index contributed by atoms with van der Waals surface area (Å²) in [5.74, 6) is -0.658. The molecule has 0 spiro atoms. The molecule has 0 bridgehead atoms. The summed E-state index contributed by atoms with van der Waals surface area (Å²) in [6.07, 6.45) is 0. The molecule has 2 heterocycles. The van der Waals surface area contributed by atoms with Crippen LogP contribution in [0.3, 0.4) is 0 Å². The number of nitrogens with zero attached hydrogens (tertiary/aromatic N) is 2. The second-order valence-electron chi connectivity index (χ2n) is 6.35. The Morgan fingerprint density at radius 1 is 1.28 bits per heavy atom. The number of thiazole rings is 1. The number of ether oxygens (including phenoxy) is 1. The number of rotatable bonds is 5. The van der Waals surface area contributed by atoms with Gasteiger partial charge in [-0.3, -0.25) is 9.59 Å². The number of fused-ring (bicyclic) bond motifs is 2. The van der Waals surface area contributed by atoms with Crippen LogP contribution in [0, 0.1) is 0 Å². The number of hydrogen-bond acceptors (Lipinski definition) is 7. The van der Waals surface area contributed by atoms with Crippen LogP contribution in [-0.2, 0) is 14.8 Å². The summed E-state index contributed by atoms with van der Waals surface area (Å²) in [6.45, 7) is 3.79. The molecule has 29 heavy (non-hydrogen) atoms. The molecule has 0 radical (unpaired) electrons. The van der Waals surface area contributed by atoms with E-state index in [0.29, 0.717) is 27.3 Å². The van der Waals surface area contributed by atoms with Crippen LogP contribution in [0.2, 0.25) is 0 Å². The molecule has 0 aliphatic carbocycles. The first-order valence-electron chi connectivity index (χ1n) is 8.85. The molecule has 4 rings (SSSR count). The van der Waals surface area contributed by atoms with Crippen molar-refractivity contribution in [1.82, 2.24) is 9.29 Å². The molecule has 8 nitrogen and oxygen atoms in total. The minimum absolute atomic E-state index is 0.0654. The third-order valence-corrected chi connectivity index (χ3v) is 7.33. The van der Waals surface area contributed by atoms with Crippen LogP contribution in [0.4, 0.5) is 5.13 Å². The highest BCUT2D eigenvalue weighted by Crippen LogP contribution is 2.33. The molecule has 1 unspecified atom stereocenters. The van der Waals surface area contributed by atoms with Gasteiger partial charge in [-0.2, -0.15) is 0 Å². The van der Waals surface area contributed by atoms with E-state index in [1.165, 1.54) is 36.5 Å². The maximum Gasteiger partial charge on any atom is 0.269 e. The van der Waals surface area contributed by atoms with Gasteiger partial charge in [0.2, 0.25) is 5.91 Å². The Balaban J connectivity index is 1.58. The van der Waals surface area contributed by atoms with Gasteiger partial charge in [0.15, 0.2) is 5.13 Å². The Bertz CT molecular complexity index is 1240. The Morgan fingerprint density at radius 2 is 2.03 bits per heavy atom. The first-order valence-corrected chi connectivity index (χ1v) is 11.1.